The van der Waals surface area contributed by atoms with Gasteiger partial charge in [0.2, 0.25) is 0 Å². The average molecular weight is 485 g/mol. The smallest absolute Gasteiger partial charge is 0.342 e. The number of benzene rings is 1. The quantitative estimate of drug-likeness (QED) is 0.414. The van der Waals surface area contributed by atoms with E-state index in [1.807, 2.05) is 6.92 Å². The lowest BCUT2D eigenvalue weighted by molar-refractivity contribution is -0.183. The van der Waals surface area contributed by atoms with Crippen LogP contribution >= 0.6 is 0 Å². The van der Waals surface area contributed by atoms with E-state index in [1.165, 1.54) is 14.2 Å². The van der Waals surface area contributed by atoms with Crippen LogP contribution in [0.2, 0.25) is 0 Å². The molecule has 0 unspecified atom stereocenters. The van der Waals surface area contributed by atoms with Crippen molar-refractivity contribution in [1.82, 2.24) is 0 Å². The number of fused-ring (bicyclic) bond motifs is 3. The first-order valence-corrected chi connectivity index (χ1v) is 11.5. The molecule has 1 saturated heterocycles. The molecule has 1 N–H and O–H groups in total. The van der Waals surface area contributed by atoms with Gasteiger partial charge in [0.25, 0.3) is 0 Å². The molecule has 1 aromatic carbocycles. The summed E-state index contributed by atoms with van der Waals surface area (Å²) in [6, 6.07) is 3.29. The van der Waals surface area contributed by atoms with Gasteiger partial charge in [0.1, 0.15) is 30.0 Å². The summed E-state index contributed by atoms with van der Waals surface area (Å²) < 4.78 is 44.2. The van der Waals surface area contributed by atoms with Gasteiger partial charge in [0.15, 0.2) is 13.6 Å². The molecule has 2 aliphatic heterocycles. The Hall–Kier alpha value is -1.95. The zero-order valence-electron chi connectivity index (χ0n) is 20.3. The van der Waals surface area contributed by atoms with Crippen molar-refractivity contribution in [2.75, 3.05) is 41.7 Å². The van der Waals surface area contributed by atoms with Gasteiger partial charge >= 0.3 is 5.97 Å². The molecule has 0 aromatic heterocycles. The maximum atomic E-state index is 13.3. The summed E-state index contributed by atoms with van der Waals surface area (Å²) in [5.41, 5.74) is 0.796. The summed E-state index contributed by atoms with van der Waals surface area (Å²) in [6.07, 6.45) is 0.808. The molecule has 1 aromatic rings. The molecule has 10 nitrogen and oxygen atoms in total. The number of carbonyl (C=O) groups is 1. The molecule has 0 spiro atoms. The number of rotatable bonds is 9. The maximum Gasteiger partial charge on any atom is 0.342 e. The predicted octanol–water partition coefficient (Wildman–Crippen LogP) is 2.43. The molecule has 0 amide bonds. The van der Waals surface area contributed by atoms with E-state index in [4.69, 9.17) is 37.9 Å². The van der Waals surface area contributed by atoms with Crippen LogP contribution < -0.4 is 9.47 Å². The Morgan fingerprint density at radius 1 is 1.00 bits per heavy atom. The van der Waals surface area contributed by atoms with Crippen LogP contribution in [0.1, 0.15) is 48.5 Å². The van der Waals surface area contributed by atoms with Crippen molar-refractivity contribution in [3.8, 4) is 11.5 Å². The highest BCUT2D eigenvalue weighted by Crippen LogP contribution is 2.34. The average Bonchev–Trinajstić information content (AvgIpc) is 2.79. The van der Waals surface area contributed by atoms with Crippen LogP contribution in [-0.4, -0.2) is 83.3 Å². The van der Waals surface area contributed by atoms with E-state index in [-0.39, 0.29) is 56.4 Å². The van der Waals surface area contributed by atoms with Gasteiger partial charge in [-0.05, 0) is 44.2 Å². The number of carbonyl (C=O) groups excluding carboxylic acids is 1. The lowest BCUT2D eigenvalue weighted by Crippen LogP contribution is -2.44. The first kappa shape index (κ1) is 26.7. The van der Waals surface area contributed by atoms with Crippen LogP contribution in [-0.2, 0) is 34.8 Å². The van der Waals surface area contributed by atoms with Crippen LogP contribution in [0.15, 0.2) is 12.1 Å². The minimum Gasteiger partial charge on any atom is -0.467 e. The van der Waals surface area contributed by atoms with Gasteiger partial charge in [-0.2, -0.15) is 0 Å². The van der Waals surface area contributed by atoms with Crippen LogP contribution in [0.4, 0.5) is 0 Å². The fourth-order valence-corrected chi connectivity index (χ4v) is 4.41. The third kappa shape index (κ3) is 7.27. The molecule has 5 atom stereocenters. The number of hydrogen-bond donors (Lipinski definition) is 1. The summed E-state index contributed by atoms with van der Waals surface area (Å²) in [5, 5.41) is 10.9. The van der Waals surface area contributed by atoms with Gasteiger partial charge in [-0.15, -0.1) is 0 Å². The molecule has 0 radical (unpaired) electrons. The van der Waals surface area contributed by atoms with Gasteiger partial charge in [-0.25, -0.2) is 4.79 Å². The van der Waals surface area contributed by atoms with E-state index in [9.17, 15) is 9.90 Å². The van der Waals surface area contributed by atoms with Gasteiger partial charge in [0, 0.05) is 33.8 Å². The highest BCUT2D eigenvalue weighted by Gasteiger charge is 2.36. The number of cyclic esters (lactones) is 1. The third-order valence-electron chi connectivity index (χ3n) is 5.86. The molecule has 2 heterocycles. The summed E-state index contributed by atoms with van der Waals surface area (Å²) in [7, 11) is 4.57. The molecule has 0 aliphatic carbocycles. The van der Waals surface area contributed by atoms with Crippen molar-refractivity contribution in [3.05, 3.63) is 23.3 Å². The minimum atomic E-state index is -0.751. The predicted molar refractivity (Wildman–Crippen MR) is 120 cm³/mol. The zero-order chi connectivity index (χ0) is 24.5. The number of ether oxygens (including phenoxy) is 8. The van der Waals surface area contributed by atoms with E-state index in [2.05, 4.69) is 0 Å². The largest absolute Gasteiger partial charge is 0.467 e. The van der Waals surface area contributed by atoms with Crippen molar-refractivity contribution in [2.24, 2.45) is 0 Å². The van der Waals surface area contributed by atoms with Crippen LogP contribution in [0.25, 0.3) is 0 Å². The standard InChI is InChI=1S/C24H36O10/c1-15-7-21-20(31-13-28-3)6-5-18(34-21)10-17(25)8-16-9-19(30-12-27-2)11-22(32-14-29-4)23(16)24(26)33-15/h9,11,15,17-18,20-21,25H,5-8,10,12-14H2,1-4H3/t15-,17-,18-,20-,21+/m0/s1. The van der Waals surface area contributed by atoms with Gasteiger partial charge in [0.05, 0.1) is 24.4 Å². The minimum absolute atomic E-state index is 0.0240. The Bertz CT molecular complexity index is 785. The summed E-state index contributed by atoms with van der Waals surface area (Å²) in [6.45, 7) is 1.94. The third-order valence-corrected chi connectivity index (χ3v) is 5.86. The highest BCUT2D eigenvalue weighted by molar-refractivity contribution is 5.94. The lowest BCUT2D eigenvalue weighted by atomic mass is 9.91. The first-order valence-electron chi connectivity index (χ1n) is 11.5. The molecule has 1 fully saturated rings. The summed E-state index contributed by atoms with van der Waals surface area (Å²) >= 11 is 0. The van der Waals surface area contributed by atoms with Crippen LogP contribution in [0.5, 0.6) is 11.5 Å². The van der Waals surface area contributed by atoms with Crippen LogP contribution in [0, 0.1) is 0 Å². The van der Waals surface area contributed by atoms with Gasteiger partial charge in [-0.3, -0.25) is 0 Å². The number of aliphatic hydroxyl groups excluding tert-OH is 1. The van der Waals surface area contributed by atoms with E-state index in [0.717, 1.165) is 12.8 Å². The molecular formula is C24H36O10. The Kier molecular flexibility index (Phi) is 10.4. The molecule has 0 saturated carbocycles. The Morgan fingerprint density at radius 3 is 2.47 bits per heavy atom. The van der Waals surface area contributed by atoms with E-state index >= 15 is 0 Å². The Morgan fingerprint density at radius 2 is 1.74 bits per heavy atom. The molecule has 3 rings (SSSR count). The second-order valence-corrected chi connectivity index (χ2v) is 8.59. The Balaban J connectivity index is 1.92. The number of methoxy groups -OCH3 is 3. The van der Waals surface area contributed by atoms with Crippen molar-refractivity contribution < 1.29 is 47.8 Å². The molecule has 2 aliphatic rings. The first-order chi connectivity index (χ1) is 16.4. The lowest BCUT2D eigenvalue weighted by Gasteiger charge is -2.38. The number of esters is 1. The van der Waals surface area contributed by atoms with Crippen molar-refractivity contribution >= 4 is 5.97 Å². The second-order valence-electron chi connectivity index (χ2n) is 8.59. The fraction of sp³-hybridized carbons (Fsp3) is 0.708. The van der Waals surface area contributed by atoms with Crippen molar-refractivity contribution in [1.29, 1.82) is 0 Å². The zero-order valence-corrected chi connectivity index (χ0v) is 20.3. The number of aliphatic hydroxyl groups is 1. The molecule has 2 bridgehead atoms. The summed E-state index contributed by atoms with van der Waals surface area (Å²) in [5.74, 6) is 0.144. The van der Waals surface area contributed by atoms with Crippen LogP contribution in [0.3, 0.4) is 0 Å². The molecule has 34 heavy (non-hydrogen) atoms. The monoisotopic (exact) mass is 484 g/mol. The summed E-state index contributed by atoms with van der Waals surface area (Å²) in [4.78, 5) is 13.3. The maximum absolute atomic E-state index is 13.3. The fourth-order valence-electron chi connectivity index (χ4n) is 4.41. The number of hydrogen-bond acceptors (Lipinski definition) is 10. The second kappa shape index (κ2) is 13.2. The Labute approximate surface area is 200 Å². The molecular weight excluding hydrogens is 448 g/mol. The van der Waals surface area contributed by atoms with Gasteiger partial charge in [-0.1, -0.05) is 0 Å². The van der Waals surface area contributed by atoms with Crippen molar-refractivity contribution in [3.63, 3.8) is 0 Å². The normalized spacial score (nSPS) is 27.7. The highest BCUT2D eigenvalue weighted by atomic mass is 16.7. The SMILES string of the molecule is COCOc1cc2c(c(OCOC)c1)C(=O)O[C@@H](C)C[C@H]1O[C@@H](CC[C@@H]1OCOC)C[C@@H](O)C2. The van der Waals surface area contributed by atoms with Crippen molar-refractivity contribution in [2.45, 2.75) is 69.5 Å². The topological polar surface area (TPSA) is 111 Å². The van der Waals surface area contributed by atoms with Gasteiger partial charge < -0.3 is 43.0 Å². The van der Waals surface area contributed by atoms with E-state index < -0.39 is 18.2 Å². The van der Waals surface area contributed by atoms with E-state index in [1.54, 1.807) is 19.2 Å². The molecule has 10 heteroatoms. The molecule has 192 valence electrons. The van der Waals surface area contributed by atoms with E-state index in [0.29, 0.717) is 24.2 Å².